The smallest absolute Gasteiger partial charge is 0.323 e. The standard InChI is InChI=1S/C14H19ClN2O3/c1-2-4-10(8-16)14(20)17(9-13(18)19)12-6-3-5-11(15)7-12/h3,5-7,10H,2,4,8-9,16H2,1H3,(H,18,19). The third kappa shape index (κ3) is 4.51. The first-order valence-corrected chi connectivity index (χ1v) is 6.86. The SMILES string of the molecule is CCCC(CN)C(=O)N(CC(=O)O)c1cccc(Cl)c1. The van der Waals surface area contributed by atoms with Gasteiger partial charge in [0.05, 0.1) is 5.92 Å². The second-order valence-electron chi connectivity index (χ2n) is 4.52. The Bertz CT molecular complexity index is 479. The van der Waals surface area contributed by atoms with Gasteiger partial charge in [0, 0.05) is 17.3 Å². The van der Waals surface area contributed by atoms with Gasteiger partial charge in [0.2, 0.25) is 5.91 Å². The predicted molar refractivity (Wildman–Crippen MR) is 78.9 cm³/mol. The zero-order chi connectivity index (χ0) is 15.1. The quantitative estimate of drug-likeness (QED) is 0.808. The number of halogens is 1. The summed E-state index contributed by atoms with van der Waals surface area (Å²) in [4.78, 5) is 24.7. The van der Waals surface area contributed by atoms with Gasteiger partial charge in [0.15, 0.2) is 0 Å². The molecule has 1 amide bonds. The number of hydrogen-bond acceptors (Lipinski definition) is 3. The lowest BCUT2D eigenvalue weighted by atomic mass is 10.0. The van der Waals surface area contributed by atoms with Crippen molar-refractivity contribution in [2.24, 2.45) is 11.7 Å². The van der Waals surface area contributed by atoms with Crippen LogP contribution in [0.5, 0.6) is 0 Å². The zero-order valence-corrected chi connectivity index (χ0v) is 12.1. The van der Waals surface area contributed by atoms with E-state index in [0.717, 1.165) is 6.42 Å². The number of carbonyl (C=O) groups is 2. The van der Waals surface area contributed by atoms with Crippen LogP contribution in [0.1, 0.15) is 19.8 Å². The summed E-state index contributed by atoms with van der Waals surface area (Å²) < 4.78 is 0. The third-order valence-electron chi connectivity index (χ3n) is 2.95. The molecule has 1 unspecified atom stereocenters. The van der Waals surface area contributed by atoms with E-state index in [0.29, 0.717) is 17.1 Å². The Balaban J connectivity index is 3.05. The van der Waals surface area contributed by atoms with Crippen molar-refractivity contribution in [3.05, 3.63) is 29.3 Å². The van der Waals surface area contributed by atoms with Crippen LogP contribution < -0.4 is 10.6 Å². The molecule has 1 rings (SSSR count). The first-order chi connectivity index (χ1) is 9.49. The lowest BCUT2D eigenvalue weighted by Crippen LogP contribution is -2.42. The van der Waals surface area contributed by atoms with Crippen molar-refractivity contribution in [3.8, 4) is 0 Å². The highest BCUT2D eigenvalue weighted by Crippen LogP contribution is 2.22. The summed E-state index contributed by atoms with van der Waals surface area (Å²) in [6.45, 7) is 1.75. The average Bonchev–Trinajstić information content (AvgIpc) is 2.41. The van der Waals surface area contributed by atoms with Gasteiger partial charge >= 0.3 is 5.97 Å². The monoisotopic (exact) mass is 298 g/mol. The van der Waals surface area contributed by atoms with Crippen LogP contribution in [0.3, 0.4) is 0 Å². The summed E-state index contributed by atoms with van der Waals surface area (Å²) in [6.07, 6.45) is 1.44. The number of aliphatic carboxylic acids is 1. The minimum Gasteiger partial charge on any atom is -0.480 e. The molecule has 0 saturated carbocycles. The van der Waals surface area contributed by atoms with Gasteiger partial charge in [-0.1, -0.05) is 31.0 Å². The normalized spacial score (nSPS) is 11.9. The van der Waals surface area contributed by atoms with Gasteiger partial charge in [-0.25, -0.2) is 0 Å². The first-order valence-electron chi connectivity index (χ1n) is 6.48. The Morgan fingerprint density at radius 2 is 2.15 bits per heavy atom. The molecule has 0 aliphatic carbocycles. The number of rotatable bonds is 7. The van der Waals surface area contributed by atoms with Crippen molar-refractivity contribution < 1.29 is 14.7 Å². The topological polar surface area (TPSA) is 83.6 Å². The number of hydrogen-bond donors (Lipinski definition) is 2. The van der Waals surface area contributed by atoms with Crippen LogP contribution in [0.15, 0.2) is 24.3 Å². The molecule has 3 N–H and O–H groups in total. The average molecular weight is 299 g/mol. The van der Waals surface area contributed by atoms with Gasteiger partial charge < -0.3 is 15.7 Å². The number of amides is 1. The number of anilines is 1. The van der Waals surface area contributed by atoms with E-state index in [9.17, 15) is 9.59 Å². The number of benzene rings is 1. The van der Waals surface area contributed by atoms with Gasteiger partial charge in [-0.15, -0.1) is 0 Å². The Morgan fingerprint density at radius 3 is 2.65 bits per heavy atom. The van der Waals surface area contributed by atoms with E-state index in [1.54, 1.807) is 24.3 Å². The van der Waals surface area contributed by atoms with Crippen LogP contribution in [0.2, 0.25) is 5.02 Å². The highest BCUT2D eigenvalue weighted by molar-refractivity contribution is 6.31. The molecule has 0 aliphatic rings. The Labute approximate surface area is 123 Å². The Hall–Kier alpha value is -1.59. The van der Waals surface area contributed by atoms with Crippen molar-refractivity contribution in [3.63, 3.8) is 0 Å². The molecule has 0 radical (unpaired) electrons. The maximum absolute atomic E-state index is 12.5. The molecule has 6 heteroatoms. The number of nitrogens with zero attached hydrogens (tertiary/aromatic N) is 1. The van der Waals surface area contributed by atoms with Crippen molar-refractivity contribution >= 4 is 29.2 Å². The maximum atomic E-state index is 12.5. The van der Waals surface area contributed by atoms with Crippen molar-refractivity contribution in [2.75, 3.05) is 18.0 Å². The second-order valence-corrected chi connectivity index (χ2v) is 4.96. The van der Waals surface area contributed by atoms with Gasteiger partial charge in [-0.05, 0) is 24.6 Å². The number of carbonyl (C=O) groups excluding carboxylic acids is 1. The minimum absolute atomic E-state index is 0.198. The molecule has 1 atom stereocenters. The molecule has 1 aromatic rings. The molecule has 110 valence electrons. The van der Waals surface area contributed by atoms with E-state index < -0.39 is 12.5 Å². The zero-order valence-electron chi connectivity index (χ0n) is 11.4. The Kier molecular flexibility index (Phi) is 6.48. The van der Waals surface area contributed by atoms with Gasteiger partial charge in [0.25, 0.3) is 0 Å². The maximum Gasteiger partial charge on any atom is 0.323 e. The molecule has 0 heterocycles. The first kappa shape index (κ1) is 16.5. The van der Waals surface area contributed by atoms with Crippen LogP contribution in [0.25, 0.3) is 0 Å². The van der Waals surface area contributed by atoms with E-state index in [1.807, 2.05) is 6.92 Å². The predicted octanol–water partition coefficient (Wildman–Crippen LogP) is 2.13. The Morgan fingerprint density at radius 1 is 1.45 bits per heavy atom. The molecule has 5 nitrogen and oxygen atoms in total. The van der Waals surface area contributed by atoms with E-state index in [2.05, 4.69) is 0 Å². The summed E-state index contributed by atoms with van der Waals surface area (Å²) in [5.41, 5.74) is 6.09. The van der Waals surface area contributed by atoms with Crippen LogP contribution >= 0.6 is 11.6 Å². The van der Waals surface area contributed by atoms with Crippen molar-refractivity contribution in [2.45, 2.75) is 19.8 Å². The fourth-order valence-corrected chi connectivity index (χ4v) is 2.17. The van der Waals surface area contributed by atoms with Crippen molar-refractivity contribution in [1.82, 2.24) is 0 Å². The molecule has 0 bridgehead atoms. The largest absolute Gasteiger partial charge is 0.480 e. The molecule has 0 spiro atoms. The minimum atomic E-state index is -1.08. The molecule has 20 heavy (non-hydrogen) atoms. The fourth-order valence-electron chi connectivity index (χ4n) is 1.99. The van der Waals surface area contributed by atoms with E-state index in [1.165, 1.54) is 4.90 Å². The van der Waals surface area contributed by atoms with Crippen LogP contribution in [0.4, 0.5) is 5.69 Å². The highest BCUT2D eigenvalue weighted by Gasteiger charge is 2.25. The van der Waals surface area contributed by atoms with E-state index in [-0.39, 0.29) is 18.4 Å². The summed E-state index contributed by atoms with van der Waals surface area (Å²) in [5.74, 6) is -1.73. The van der Waals surface area contributed by atoms with E-state index in [4.69, 9.17) is 22.4 Å². The molecule has 0 aliphatic heterocycles. The van der Waals surface area contributed by atoms with Gasteiger partial charge in [0.1, 0.15) is 6.54 Å². The molecular formula is C14H19ClN2O3. The lowest BCUT2D eigenvalue weighted by molar-refractivity contribution is -0.137. The molecule has 1 aromatic carbocycles. The summed E-state index contributed by atoms with van der Waals surface area (Å²) in [6, 6.07) is 6.58. The van der Waals surface area contributed by atoms with Crippen molar-refractivity contribution in [1.29, 1.82) is 0 Å². The van der Waals surface area contributed by atoms with Gasteiger partial charge in [-0.2, -0.15) is 0 Å². The molecule has 0 fully saturated rings. The number of nitrogens with two attached hydrogens (primary N) is 1. The lowest BCUT2D eigenvalue weighted by Gasteiger charge is -2.25. The summed E-state index contributed by atoms with van der Waals surface area (Å²) >= 11 is 5.89. The van der Waals surface area contributed by atoms with E-state index >= 15 is 0 Å². The van der Waals surface area contributed by atoms with Gasteiger partial charge in [-0.3, -0.25) is 9.59 Å². The van der Waals surface area contributed by atoms with Crippen LogP contribution in [-0.4, -0.2) is 30.1 Å². The highest BCUT2D eigenvalue weighted by atomic mass is 35.5. The molecular weight excluding hydrogens is 280 g/mol. The second kappa shape index (κ2) is 7.87. The number of carboxylic acid groups (broad SMARTS) is 1. The van der Waals surface area contributed by atoms with Crippen LogP contribution in [-0.2, 0) is 9.59 Å². The summed E-state index contributed by atoms with van der Waals surface area (Å²) in [5, 5.41) is 9.44. The third-order valence-corrected chi connectivity index (χ3v) is 3.19. The van der Waals surface area contributed by atoms with Crippen LogP contribution in [0, 0.1) is 5.92 Å². The molecule has 0 saturated heterocycles. The molecule has 0 aromatic heterocycles. The number of carboxylic acids is 1. The summed E-state index contributed by atoms with van der Waals surface area (Å²) in [7, 11) is 0. The fraction of sp³-hybridized carbons (Fsp3) is 0.429.